The Labute approximate surface area is 149 Å². The molecule has 2 heterocycles. The fraction of sp³-hybridized carbons (Fsp3) is 0.632. The number of ether oxygens (including phenoxy) is 1. The highest BCUT2D eigenvalue weighted by Crippen LogP contribution is 2.20. The zero-order chi connectivity index (χ0) is 17.6. The molecule has 1 amide bonds. The first-order valence-electron chi connectivity index (χ1n) is 9.16. The Morgan fingerprint density at radius 1 is 1.36 bits per heavy atom. The maximum Gasteiger partial charge on any atom is 0.238 e. The van der Waals surface area contributed by atoms with Gasteiger partial charge in [-0.15, -0.1) is 0 Å². The van der Waals surface area contributed by atoms with Crippen molar-refractivity contribution in [1.82, 2.24) is 9.80 Å². The lowest BCUT2D eigenvalue weighted by Gasteiger charge is -2.37. The standard InChI is InChI=1S/C19H28FN3O2/c1-22(13-19(24)21-17-4-2-3-16(20)11-17)18-5-8-23(9-6-18)12-15-7-10-25-14-15/h2-4,11,15,18H,5-10,12-14H2,1H3,(H,21,24)/t15-/m0/s1. The highest BCUT2D eigenvalue weighted by atomic mass is 19.1. The van der Waals surface area contributed by atoms with Crippen molar-refractivity contribution in [3.63, 3.8) is 0 Å². The lowest BCUT2D eigenvalue weighted by atomic mass is 10.0. The van der Waals surface area contributed by atoms with Gasteiger partial charge in [0.25, 0.3) is 0 Å². The van der Waals surface area contributed by atoms with Gasteiger partial charge in [0.2, 0.25) is 5.91 Å². The van der Waals surface area contributed by atoms with Gasteiger partial charge in [0.1, 0.15) is 5.82 Å². The summed E-state index contributed by atoms with van der Waals surface area (Å²) in [6, 6.07) is 6.43. The molecule has 138 valence electrons. The highest BCUT2D eigenvalue weighted by molar-refractivity contribution is 5.92. The Kier molecular flexibility index (Phi) is 6.39. The molecule has 2 saturated heterocycles. The number of nitrogens with one attached hydrogen (secondary N) is 1. The van der Waals surface area contributed by atoms with Crippen molar-refractivity contribution in [2.24, 2.45) is 5.92 Å². The Bertz CT molecular complexity index is 570. The van der Waals surface area contributed by atoms with Crippen LogP contribution in [0.15, 0.2) is 24.3 Å². The maximum atomic E-state index is 13.2. The average Bonchev–Trinajstić information content (AvgIpc) is 3.08. The molecule has 25 heavy (non-hydrogen) atoms. The lowest BCUT2D eigenvalue weighted by Crippen LogP contribution is -2.46. The molecular formula is C19H28FN3O2. The maximum absolute atomic E-state index is 13.2. The van der Waals surface area contributed by atoms with E-state index in [1.54, 1.807) is 12.1 Å². The fourth-order valence-corrected chi connectivity index (χ4v) is 3.76. The molecule has 0 bridgehead atoms. The van der Waals surface area contributed by atoms with E-state index in [0.717, 1.165) is 45.7 Å². The Morgan fingerprint density at radius 2 is 2.16 bits per heavy atom. The molecule has 5 nitrogen and oxygen atoms in total. The molecule has 0 aromatic heterocycles. The summed E-state index contributed by atoms with van der Waals surface area (Å²) in [5.74, 6) is 0.246. The molecular weight excluding hydrogens is 321 g/mol. The third-order valence-corrected chi connectivity index (χ3v) is 5.22. The van der Waals surface area contributed by atoms with E-state index in [9.17, 15) is 9.18 Å². The summed E-state index contributed by atoms with van der Waals surface area (Å²) in [5, 5.41) is 2.76. The monoisotopic (exact) mass is 349 g/mol. The van der Waals surface area contributed by atoms with Gasteiger partial charge in [0.05, 0.1) is 13.2 Å². The van der Waals surface area contributed by atoms with Crippen LogP contribution in [0.5, 0.6) is 0 Å². The van der Waals surface area contributed by atoms with E-state index in [-0.39, 0.29) is 11.7 Å². The van der Waals surface area contributed by atoms with E-state index >= 15 is 0 Å². The number of hydrogen-bond donors (Lipinski definition) is 1. The predicted octanol–water partition coefficient (Wildman–Crippen LogP) is 2.20. The molecule has 0 aliphatic carbocycles. The van der Waals surface area contributed by atoms with Crippen molar-refractivity contribution in [3.05, 3.63) is 30.1 Å². The summed E-state index contributed by atoms with van der Waals surface area (Å²) in [7, 11) is 2.00. The summed E-state index contributed by atoms with van der Waals surface area (Å²) < 4.78 is 18.6. The van der Waals surface area contributed by atoms with E-state index in [2.05, 4.69) is 15.1 Å². The Hall–Kier alpha value is -1.50. The van der Waals surface area contributed by atoms with Crippen LogP contribution in [0.1, 0.15) is 19.3 Å². The minimum Gasteiger partial charge on any atom is -0.381 e. The summed E-state index contributed by atoms with van der Waals surface area (Å²) in [6.07, 6.45) is 3.34. The van der Waals surface area contributed by atoms with Crippen molar-refractivity contribution < 1.29 is 13.9 Å². The van der Waals surface area contributed by atoms with Crippen molar-refractivity contribution >= 4 is 11.6 Å². The van der Waals surface area contributed by atoms with Gasteiger partial charge >= 0.3 is 0 Å². The van der Waals surface area contributed by atoms with Gasteiger partial charge < -0.3 is 15.0 Å². The zero-order valence-corrected chi connectivity index (χ0v) is 14.9. The number of hydrogen-bond acceptors (Lipinski definition) is 4. The van der Waals surface area contributed by atoms with Crippen LogP contribution in [0.4, 0.5) is 10.1 Å². The third-order valence-electron chi connectivity index (χ3n) is 5.22. The molecule has 2 aliphatic rings. The van der Waals surface area contributed by atoms with Crippen LogP contribution >= 0.6 is 0 Å². The Morgan fingerprint density at radius 3 is 2.84 bits per heavy atom. The number of rotatable bonds is 6. The van der Waals surface area contributed by atoms with Crippen LogP contribution in [0.3, 0.4) is 0 Å². The molecule has 1 aromatic rings. The second kappa shape index (κ2) is 8.74. The number of piperidine rings is 1. The number of benzene rings is 1. The third kappa shape index (κ3) is 5.49. The van der Waals surface area contributed by atoms with E-state index in [1.165, 1.54) is 18.6 Å². The van der Waals surface area contributed by atoms with Gasteiger partial charge in [-0.2, -0.15) is 0 Å². The Balaban J connectivity index is 1.39. The van der Waals surface area contributed by atoms with E-state index in [4.69, 9.17) is 4.74 Å². The molecule has 0 radical (unpaired) electrons. The van der Waals surface area contributed by atoms with Crippen LogP contribution in [-0.2, 0) is 9.53 Å². The van der Waals surface area contributed by atoms with Gasteiger partial charge in [-0.3, -0.25) is 9.69 Å². The number of nitrogens with zero attached hydrogens (tertiary/aromatic N) is 2. The molecule has 1 atom stereocenters. The molecule has 0 spiro atoms. The molecule has 2 aliphatic heterocycles. The summed E-state index contributed by atoms with van der Waals surface area (Å²) in [6.45, 7) is 5.44. The second-order valence-corrected chi connectivity index (χ2v) is 7.24. The molecule has 0 unspecified atom stereocenters. The number of carbonyl (C=O) groups is 1. The minimum absolute atomic E-state index is 0.0985. The number of likely N-dealkylation sites (tertiary alicyclic amines) is 1. The van der Waals surface area contributed by atoms with Gasteiger partial charge in [-0.25, -0.2) is 4.39 Å². The van der Waals surface area contributed by atoms with E-state index in [1.807, 2.05) is 7.05 Å². The number of amides is 1. The van der Waals surface area contributed by atoms with E-state index in [0.29, 0.717) is 24.2 Å². The van der Waals surface area contributed by atoms with Crippen molar-refractivity contribution in [2.45, 2.75) is 25.3 Å². The summed E-state index contributed by atoms with van der Waals surface area (Å²) >= 11 is 0. The van der Waals surface area contributed by atoms with Gasteiger partial charge in [-0.1, -0.05) is 6.07 Å². The minimum atomic E-state index is -0.341. The molecule has 3 rings (SSSR count). The molecule has 6 heteroatoms. The van der Waals surface area contributed by atoms with Crippen molar-refractivity contribution in [1.29, 1.82) is 0 Å². The number of likely N-dealkylation sites (N-methyl/N-ethyl adjacent to an activating group) is 1. The fourth-order valence-electron chi connectivity index (χ4n) is 3.76. The van der Waals surface area contributed by atoms with Gasteiger partial charge in [-0.05, 0) is 63.5 Å². The van der Waals surface area contributed by atoms with Crippen molar-refractivity contribution in [2.75, 3.05) is 51.8 Å². The first kappa shape index (κ1) is 18.3. The number of anilines is 1. The molecule has 0 saturated carbocycles. The lowest BCUT2D eigenvalue weighted by molar-refractivity contribution is -0.117. The smallest absolute Gasteiger partial charge is 0.238 e. The topological polar surface area (TPSA) is 44.8 Å². The number of carbonyl (C=O) groups excluding carboxylic acids is 1. The molecule has 1 N–H and O–H groups in total. The average molecular weight is 349 g/mol. The molecule has 1 aromatic carbocycles. The summed E-state index contributed by atoms with van der Waals surface area (Å²) in [5.41, 5.74) is 0.506. The van der Waals surface area contributed by atoms with Gasteiger partial charge in [0.15, 0.2) is 0 Å². The quantitative estimate of drug-likeness (QED) is 0.855. The predicted molar refractivity (Wildman–Crippen MR) is 96.0 cm³/mol. The van der Waals surface area contributed by atoms with Crippen LogP contribution < -0.4 is 5.32 Å². The second-order valence-electron chi connectivity index (χ2n) is 7.24. The van der Waals surface area contributed by atoms with Gasteiger partial charge in [0, 0.05) is 24.9 Å². The first-order chi connectivity index (χ1) is 12.1. The normalized spacial score (nSPS) is 22.4. The largest absolute Gasteiger partial charge is 0.381 e. The van der Waals surface area contributed by atoms with Crippen LogP contribution in [0.2, 0.25) is 0 Å². The zero-order valence-electron chi connectivity index (χ0n) is 14.9. The number of halogens is 1. The summed E-state index contributed by atoms with van der Waals surface area (Å²) in [4.78, 5) is 16.8. The molecule has 2 fully saturated rings. The first-order valence-corrected chi connectivity index (χ1v) is 9.16. The van der Waals surface area contributed by atoms with E-state index < -0.39 is 0 Å². The SMILES string of the molecule is CN(CC(=O)Nc1cccc(F)c1)C1CCN(C[C@@H]2CCOC2)CC1. The van der Waals surface area contributed by atoms with Crippen LogP contribution in [-0.4, -0.2) is 68.2 Å². The highest BCUT2D eigenvalue weighted by Gasteiger charge is 2.26. The van der Waals surface area contributed by atoms with Crippen LogP contribution in [0, 0.1) is 11.7 Å². The van der Waals surface area contributed by atoms with Crippen molar-refractivity contribution in [3.8, 4) is 0 Å². The van der Waals surface area contributed by atoms with Crippen LogP contribution in [0.25, 0.3) is 0 Å².